The Morgan fingerprint density at radius 1 is 1.07 bits per heavy atom. The van der Waals surface area contributed by atoms with Crippen LogP contribution in [0.15, 0.2) is 0 Å². The molecule has 14 heavy (non-hydrogen) atoms. The smallest absolute Gasteiger partial charge is 0.313 e. The molecule has 0 heterocycles. The molecule has 0 fully saturated rings. The second-order valence-electron chi connectivity index (χ2n) is 3.32. The van der Waals surface area contributed by atoms with Crippen molar-refractivity contribution < 1.29 is 19.1 Å². The van der Waals surface area contributed by atoms with Gasteiger partial charge in [-0.1, -0.05) is 6.92 Å². The summed E-state index contributed by atoms with van der Waals surface area (Å²) in [5, 5.41) is 0. The van der Waals surface area contributed by atoms with Crippen LogP contribution in [-0.4, -0.2) is 23.6 Å². The molecule has 0 atom stereocenters. The van der Waals surface area contributed by atoms with Crippen molar-refractivity contribution in [2.75, 3.05) is 0 Å². The second-order valence-corrected chi connectivity index (χ2v) is 3.32. The van der Waals surface area contributed by atoms with Crippen molar-refractivity contribution in [2.24, 2.45) is 0 Å². The van der Waals surface area contributed by atoms with E-state index in [9.17, 15) is 14.4 Å². The van der Waals surface area contributed by atoms with Gasteiger partial charge in [-0.05, 0) is 13.8 Å². The van der Waals surface area contributed by atoms with Crippen LogP contribution < -0.4 is 0 Å². The second kappa shape index (κ2) is 6.29. The third-order valence-corrected chi connectivity index (χ3v) is 1.50. The molecule has 0 saturated carbocycles. The first-order valence-corrected chi connectivity index (χ1v) is 4.68. The third kappa shape index (κ3) is 6.34. The fraction of sp³-hybridized carbons (Fsp3) is 0.700. The summed E-state index contributed by atoms with van der Waals surface area (Å²) in [6.45, 7) is 5.10. The quantitative estimate of drug-likeness (QED) is 0.478. The molecular weight excluding hydrogens is 184 g/mol. The molecule has 0 saturated heterocycles. The first-order valence-electron chi connectivity index (χ1n) is 4.68. The van der Waals surface area contributed by atoms with E-state index in [2.05, 4.69) is 0 Å². The van der Waals surface area contributed by atoms with Gasteiger partial charge < -0.3 is 4.74 Å². The minimum absolute atomic E-state index is 0.146. The van der Waals surface area contributed by atoms with Crippen LogP contribution in [0.3, 0.4) is 0 Å². The van der Waals surface area contributed by atoms with Crippen LogP contribution in [0.25, 0.3) is 0 Å². The average Bonchev–Trinajstić information content (AvgIpc) is 2.01. The summed E-state index contributed by atoms with van der Waals surface area (Å²) in [7, 11) is 0. The standard InChI is InChI=1S/C10H16O4/c1-4-8(11)5-9(12)6-10(13)14-7(2)3/h7H,4-6H2,1-3H3. The van der Waals surface area contributed by atoms with Gasteiger partial charge in [-0.3, -0.25) is 14.4 Å². The summed E-state index contributed by atoms with van der Waals surface area (Å²) >= 11 is 0. The molecular formula is C10H16O4. The van der Waals surface area contributed by atoms with E-state index in [4.69, 9.17) is 4.74 Å². The molecule has 0 bridgehead atoms. The number of Topliss-reactive ketones (excluding diaryl/α,β-unsaturated/α-hetero) is 2. The summed E-state index contributed by atoms with van der Waals surface area (Å²) < 4.78 is 4.77. The topological polar surface area (TPSA) is 60.4 Å². The van der Waals surface area contributed by atoms with E-state index in [-0.39, 0.29) is 30.5 Å². The minimum Gasteiger partial charge on any atom is -0.463 e. The van der Waals surface area contributed by atoms with E-state index >= 15 is 0 Å². The Bertz CT molecular complexity index is 230. The fourth-order valence-electron chi connectivity index (χ4n) is 0.873. The van der Waals surface area contributed by atoms with E-state index in [1.807, 2.05) is 0 Å². The average molecular weight is 200 g/mol. The number of hydrogen-bond donors (Lipinski definition) is 0. The molecule has 0 aliphatic heterocycles. The zero-order valence-electron chi connectivity index (χ0n) is 8.83. The van der Waals surface area contributed by atoms with Crippen LogP contribution in [0.1, 0.15) is 40.0 Å². The predicted molar refractivity (Wildman–Crippen MR) is 50.8 cm³/mol. The summed E-state index contributed by atoms with van der Waals surface area (Å²) in [6.07, 6.45) is -0.365. The van der Waals surface area contributed by atoms with Crippen molar-refractivity contribution in [3.05, 3.63) is 0 Å². The molecule has 0 aromatic heterocycles. The van der Waals surface area contributed by atoms with Crippen LogP contribution in [0.5, 0.6) is 0 Å². The Hall–Kier alpha value is -1.19. The lowest BCUT2D eigenvalue weighted by molar-refractivity contribution is -0.149. The molecule has 0 aromatic carbocycles. The molecule has 0 aromatic rings. The first kappa shape index (κ1) is 12.8. The molecule has 0 rings (SSSR count). The predicted octanol–water partition coefficient (Wildman–Crippen LogP) is 1.27. The lowest BCUT2D eigenvalue weighted by Gasteiger charge is -2.06. The number of ether oxygens (including phenoxy) is 1. The van der Waals surface area contributed by atoms with Crippen LogP contribution >= 0.6 is 0 Å². The van der Waals surface area contributed by atoms with Gasteiger partial charge in [0.05, 0.1) is 12.5 Å². The maximum atomic E-state index is 11.1. The van der Waals surface area contributed by atoms with Crippen molar-refractivity contribution in [3.63, 3.8) is 0 Å². The first-order chi connectivity index (χ1) is 6.45. The third-order valence-electron chi connectivity index (χ3n) is 1.50. The Balaban J connectivity index is 3.83. The van der Waals surface area contributed by atoms with Crippen LogP contribution in [-0.2, 0) is 19.1 Å². The minimum atomic E-state index is -0.561. The molecule has 0 unspecified atom stereocenters. The van der Waals surface area contributed by atoms with Crippen LogP contribution in [0, 0.1) is 0 Å². The van der Waals surface area contributed by atoms with Gasteiger partial charge in [0.25, 0.3) is 0 Å². The Kier molecular flexibility index (Phi) is 5.76. The Labute approximate surface area is 83.6 Å². The zero-order chi connectivity index (χ0) is 11.1. The van der Waals surface area contributed by atoms with Gasteiger partial charge in [-0.25, -0.2) is 0 Å². The van der Waals surface area contributed by atoms with E-state index in [0.717, 1.165) is 0 Å². The highest BCUT2D eigenvalue weighted by Gasteiger charge is 2.14. The van der Waals surface area contributed by atoms with Crippen LogP contribution in [0.4, 0.5) is 0 Å². The summed E-state index contributed by atoms with van der Waals surface area (Å²) in [4.78, 5) is 32.9. The van der Waals surface area contributed by atoms with Gasteiger partial charge in [0.2, 0.25) is 0 Å². The molecule has 0 aliphatic rings. The van der Waals surface area contributed by atoms with E-state index in [1.165, 1.54) is 0 Å². The maximum Gasteiger partial charge on any atom is 0.313 e. The van der Waals surface area contributed by atoms with Gasteiger partial charge in [0, 0.05) is 6.42 Å². The highest BCUT2D eigenvalue weighted by Crippen LogP contribution is 1.99. The summed E-state index contributed by atoms with van der Waals surface area (Å²) in [6, 6.07) is 0. The molecule has 4 nitrogen and oxygen atoms in total. The van der Waals surface area contributed by atoms with Crippen molar-refractivity contribution in [2.45, 2.75) is 46.1 Å². The number of hydrogen-bond acceptors (Lipinski definition) is 4. The van der Waals surface area contributed by atoms with Gasteiger partial charge in [-0.2, -0.15) is 0 Å². The number of rotatable bonds is 6. The number of carbonyl (C=O) groups is 3. The van der Waals surface area contributed by atoms with E-state index in [1.54, 1.807) is 20.8 Å². The molecule has 0 aliphatic carbocycles. The van der Waals surface area contributed by atoms with Crippen LogP contribution in [0.2, 0.25) is 0 Å². The molecule has 0 N–H and O–H groups in total. The van der Waals surface area contributed by atoms with Gasteiger partial charge in [-0.15, -0.1) is 0 Å². The molecule has 0 radical (unpaired) electrons. The molecule has 80 valence electrons. The normalized spacial score (nSPS) is 10.0. The SMILES string of the molecule is CCC(=O)CC(=O)CC(=O)OC(C)C. The van der Waals surface area contributed by atoms with Gasteiger partial charge in [0.1, 0.15) is 12.2 Å². The lowest BCUT2D eigenvalue weighted by atomic mass is 10.1. The highest BCUT2D eigenvalue weighted by molar-refractivity contribution is 6.05. The Morgan fingerprint density at radius 3 is 2.07 bits per heavy atom. The van der Waals surface area contributed by atoms with Crippen molar-refractivity contribution in [1.82, 2.24) is 0 Å². The monoisotopic (exact) mass is 200 g/mol. The van der Waals surface area contributed by atoms with E-state index < -0.39 is 5.97 Å². The van der Waals surface area contributed by atoms with Gasteiger partial charge in [0.15, 0.2) is 5.78 Å². The Morgan fingerprint density at radius 2 is 1.64 bits per heavy atom. The van der Waals surface area contributed by atoms with Crippen molar-refractivity contribution in [1.29, 1.82) is 0 Å². The molecule has 0 amide bonds. The van der Waals surface area contributed by atoms with Crippen molar-refractivity contribution in [3.8, 4) is 0 Å². The fourth-order valence-corrected chi connectivity index (χ4v) is 0.873. The number of ketones is 2. The molecule has 4 heteroatoms. The summed E-state index contributed by atoms with van der Waals surface area (Å²) in [5.74, 6) is -1.08. The molecule has 0 spiro atoms. The van der Waals surface area contributed by atoms with E-state index in [0.29, 0.717) is 6.42 Å². The zero-order valence-corrected chi connectivity index (χ0v) is 8.83. The largest absolute Gasteiger partial charge is 0.463 e. The number of esters is 1. The number of carbonyl (C=O) groups excluding carboxylic acids is 3. The van der Waals surface area contributed by atoms with Crippen molar-refractivity contribution >= 4 is 17.5 Å². The maximum absolute atomic E-state index is 11.1. The summed E-state index contributed by atoms with van der Waals surface area (Å²) in [5.41, 5.74) is 0. The van der Waals surface area contributed by atoms with Gasteiger partial charge >= 0.3 is 5.97 Å². The lowest BCUT2D eigenvalue weighted by Crippen LogP contribution is -2.17. The highest BCUT2D eigenvalue weighted by atomic mass is 16.5.